The molecule has 0 aromatic heterocycles. The SMILES string of the molecule is C/C=N\CN(C=O)C(CCC(C)(C)C)c1ccc(C(=O)O)cc1.C=CC(CCC)C(C)C.CC. The van der Waals surface area contributed by atoms with Crippen LogP contribution in [-0.2, 0) is 4.79 Å². The maximum atomic E-state index is 11.5. The molecule has 34 heavy (non-hydrogen) atoms. The zero-order valence-electron chi connectivity index (χ0n) is 23.2. The highest BCUT2D eigenvalue weighted by molar-refractivity contribution is 5.87. The Morgan fingerprint density at radius 2 is 1.71 bits per heavy atom. The van der Waals surface area contributed by atoms with Gasteiger partial charge in [0.25, 0.3) is 0 Å². The topological polar surface area (TPSA) is 70.0 Å². The maximum Gasteiger partial charge on any atom is 0.335 e. The first-order chi connectivity index (χ1) is 16.0. The molecule has 0 heterocycles. The molecule has 1 aromatic carbocycles. The fraction of sp³-hybridized carbons (Fsp3) is 0.621. The van der Waals surface area contributed by atoms with Gasteiger partial charge in [-0.1, -0.05) is 80.0 Å². The third kappa shape index (κ3) is 14.7. The number of carboxylic acid groups (broad SMARTS) is 1. The highest BCUT2D eigenvalue weighted by atomic mass is 16.4. The van der Waals surface area contributed by atoms with E-state index < -0.39 is 5.97 Å². The van der Waals surface area contributed by atoms with Gasteiger partial charge in [0, 0.05) is 0 Å². The predicted molar refractivity (Wildman–Crippen MR) is 147 cm³/mol. The van der Waals surface area contributed by atoms with Gasteiger partial charge in [0.2, 0.25) is 6.41 Å². The van der Waals surface area contributed by atoms with Crippen molar-refractivity contribution in [2.24, 2.45) is 22.2 Å². The molecule has 1 amide bonds. The summed E-state index contributed by atoms with van der Waals surface area (Å²) in [6, 6.07) is 6.60. The van der Waals surface area contributed by atoms with Crippen LogP contribution in [0.1, 0.15) is 110 Å². The zero-order valence-corrected chi connectivity index (χ0v) is 23.2. The van der Waals surface area contributed by atoms with Crippen LogP contribution in [0, 0.1) is 17.3 Å². The predicted octanol–water partition coefficient (Wildman–Crippen LogP) is 8.03. The molecule has 0 aliphatic carbocycles. The molecule has 0 bridgehead atoms. The largest absolute Gasteiger partial charge is 0.478 e. The second kappa shape index (κ2) is 18.9. The minimum atomic E-state index is -0.953. The molecule has 5 nitrogen and oxygen atoms in total. The number of allylic oxidation sites excluding steroid dienone is 1. The van der Waals surface area contributed by atoms with Crippen LogP contribution in [0.5, 0.6) is 0 Å². The molecule has 1 aromatic rings. The van der Waals surface area contributed by atoms with Crippen LogP contribution < -0.4 is 0 Å². The van der Waals surface area contributed by atoms with Crippen molar-refractivity contribution in [2.75, 3.05) is 6.67 Å². The number of nitrogens with zero attached hydrogens (tertiary/aromatic N) is 2. The average molecular weight is 475 g/mol. The van der Waals surface area contributed by atoms with Crippen molar-refractivity contribution in [1.29, 1.82) is 0 Å². The lowest BCUT2D eigenvalue weighted by molar-refractivity contribution is -0.120. The van der Waals surface area contributed by atoms with Crippen LogP contribution in [0.3, 0.4) is 0 Å². The Morgan fingerprint density at radius 3 is 2.03 bits per heavy atom. The summed E-state index contributed by atoms with van der Waals surface area (Å²) in [7, 11) is 0. The maximum absolute atomic E-state index is 11.5. The van der Waals surface area contributed by atoms with Crippen LogP contribution in [-0.4, -0.2) is 35.3 Å². The third-order valence-corrected chi connectivity index (χ3v) is 5.45. The normalized spacial score (nSPS) is 12.6. The van der Waals surface area contributed by atoms with Gasteiger partial charge >= 0.3 is 5.97 Å². The van der Waals surface area contributed by atoms with Gasteiger partial charge in [0.05, 0.1) is 11.6 Å². The summed E-state index contributed by atoms with van der Waals surface area (Å²) in [5.74, 6) is 0.545. The standard InChI is InChI=1S/C18H26N2O3.C9H18.C2H6/c1-5-19-12-20(13-21)16(10-11-18(2,3)4)14-6-8-15(9-7-14)17(22)23;1-5-7-9(6-2)8(3)4;1-2/h5-9,13,16H,10-12H2,1-4H3,(H,22,23);6,8-9H,2,5,7H2,1,3-4H3;1-2H3/b19-5-;;. The van der Waals surface area contributed by atoms with Gasteiger partial charge in [-0.2, -0.15) is 0 Å². The van der Waals surface area contributed by atoms with E-state index in [2.05, 4.69) is 59.2 Å². The molecule has 0 saturated carbocycles. The van der Waals surface area contributed by atoms with E-state index in [1.807, 2.05) is 20.8 Å². The van der Waals surface area contributed by atoms with Crippen molar-refractivity contribution in [1.82, 2.24) is 4.90 Å². The molecule has 1 N–H and O–H groups in total. The van der Waals surface area contributed by atoms with Crippen LogP contribution in [0.15, 0.2) is 41.9 Å². The summed E-state index contributed by atoms with van der Waals surface area (Å²) in [6.07, 6.45) is 8.87. The molecule has 2 atom stereocenters. The monoisotopic (exact) mass is 474 g/mol. The summed E-state index contributed by atoms with van der Waals surface area (Å²) in [6.45, 7) is 23.1. The highest BCUT2D eigenvalue weighted by Gasteiger charge is 2.22. The molecular formula is C29H50N2O3. The first-order valence-corrected chi connectivity index (χ1v) is 12.6. The van der Waals surface area contributed by atoms with E-state index in [9.17, 15) is 9.59 Å². The number of carbonyl (C=O) groups is 2. The zero-order chi connectivity index (χ0) is 26.7. The Balaban J connectivity index is 0. The van der Waals surface area contributed by atoms with Crippen molar-refractivity contribution in [3.05, 3.63) is 48.0 Å². The molecular weight excluding hydrogens is 424 g/mol. The van der Waals surface area contributed by atoms with E-state index in [0.717, 1.165) is 36.7 Å². The van der Waals surface area contributed by atoms with Gasteiger partial charge in [-0.25, -0.2) is 4.79 Å². The number of carbonyl (C=O) groups excluding carboxylic acids is 1. The van der Waals surface area contributed by atoms with Crippen molar-refractivity contribution in [2.45, 2.75) is 94.0 Å². The van der Waals surface area contributed by atoms with Crippen molar-refractivity contribution in [3.8, 4) is 0 Å². The van der Waals surface area contributed by atoms with E-state index in [1.165, 1.54) is 12.8 Å². The van der Waals surface area contributed by atoms with E-state index in [4.69, 9.17) is 5.11 Å². The summed E-state index contributed by atoms with van der Waals surface area (Å²) in [4.78, 5) is 28.3. The highest BCUT2D eigenvalue weighted by Crippen LogP contribution is 2.31. The number of aromatic carboxylic acids is 1. The van der Waals surface area contributed by atoms with Crippen LogP contribution >= 0.6 is 0 Å². The molecule has 0 spiro atoms. The lowest BCUT2D eigenvalue weighted by Gasteiger charge is -2.30. The smallest absolute Gasteiger partial charge is 0.335 e. The molecule has 0 aliphatic rings. The van der Waals surface area contributed by atoms with E-state index >= 15 is 0 Å². The average Bonchev–Trinajstić information content (AvgIpc) is 2.80. The summed E-state index contributed by atoms with van der Waals surface area (Å²) in [5, 5.41) is 9.01. The van der Waals surface area contributed by atoms with E-state index in [1.54, 1.807) is 35.4 Å². The van der Waals surface area contributed by atoms with Crippen molar-refractivity contribution in [3.63, 3.8) is 0 Å². The number of benzene rings is 1. The summed E-state index contributed by atoms with van der Waals surface area (Å²) >= 11 is 0. The lowest BCUT2D eigenvalue weighted by Crippen LogP contribution is -2.29. The first-order valence-electron chi connectivity index (χ1n) is 12.6. The number of rotatable bonds is 12. The lowest BCUT2D eigenvalue weighted by atomic mass is 9.86. The number of aliphatic imine (C=N–C) groups is 1. The minimum absolute atomic E-state index is 0.113. The Labute approximate surface area is 209 Å². The third-order valence-electron chi connectivity index (χ3n) is 5.45. The molecule has 194 valence electrons. The summed E-state index contributed by atoms with van der Waals surface area (Å²) < 4.78 is 0. The molecule has 5 heteroatoms. The van der Waals surface area contributed by atoms with Crippen LogP contribution in [0.25, 0.3) is 0 Å². The molecule has 0 radical (unpaired) electrons. The Morgan fingerprint density at radius 1 is 1.15 bits per heavy atom. The fourth-order valence-corrected chi connectivity index (χ4v) is 3.38. The second-order valence-electron chi connectivity index (χ2n) is 9.68. The first kappa shape index (κ1) is 33.7. The van der Waals surface area contributed by atoms with E-state index in [0.29, 0.717) is 6.67 Å². The number of hydrogen-bond acceptors (Lipinski definition) is 3. The molecule has 2 unspecified atom stereocenters. The van der Waals surface area contributed by atoms with Crippen LogP contribution in [0.4, 0.5) is 0 Å². The van der Waals surface area contributed by atoms with Crippen LogP contribution in [0.2, 0.25) is 0 Å². The fourth-order valence-electron chi connectivity index (χ4n) is 3.38. The molecule has 0 fully saturated rings. The van der Waals surface area contributed by atoms with Gasteiger partial charge in [-0.15, -0.1) is 6.58 Å². The second-order valence-corrected chi connectivity index (χ2v) is 9.68. The molecule has 0 saturated heterocycles. The quantitative estimate of drug-likeness (QED) is 0.189. The van der Waals surface area contributed by atoms with Gasteiger partial charge in [-0.3, -0.25) is 9.79 Å². The van der Waals surface area contributed by atoms with E-state index in [-0.39, 0.29) is 17.0 Å². The Kier molecular flexibility index (Phi) is 18.8. The van der Waals surface area contributed by atoms with Gasteiger partial charge in [0.1, 0.15) is 6.67 Å². The van der Waals surface area contributed by atoms with Crippen molar-refractivity contribution < 1.29 is 14.7 Å². The van der Waals surface area contributed by atoms with Gasteiger partial charge < -0.3 is 10.0 Å². The van der Waals surface area contributed by atoms with Crippen molar-refractivity contribution >= 4 is 18.6 Å². The van der Waals surface area contributed by atoms with Gasteiger partial charge in [-0.05, 0) is 67.3 Å². The summed E-state index contributed by atoms with van der Waals surface area (Å²) in [5.41, 5.74) is 1.33. The number of hydrogen-bond donors (Lipinski definition) is 1. The molecule has 1 rings (SSSR count). The molecule has 0 aliphatic heterocycles. The number of amides is 1. The Bertz CT molecular complexity index is 703. The number of carboxylic acids is 1. The Hall–Kier alpha value is -2.43. The minimum Gasteiger partial charge on any atom is -0.478 e. The van der Waals surface area contributed by atoms with Gasteiger partial charge in [0.15, 0.2) is 0 Å².